The number of nitrogens with zero attached hydrogens (tertiary/aromatic N) is 3. The maximum atomic E-state index is 5.50. The highest BCUT2D eigenvalue weighted by Gasteiger charge is 2.16. The van der Waals surface area contributed by atoms with E-state index < -0.39 is 0 Å². The van der Waals surface area contributed by atoms with Crippen LogP contribution in [0.15, 0.2) is 53.1 Å². The van der Waals surface area contributed by atoms with E-state index in [1.54, 1.807) is 14.2 Å². The van der Waals surface area contributed by atoms with Crippen LogP contribution in [-0.4, -0.2) is 35.8 Å². The predicted molar refractivity (Wildman–Crippen MR) is 104 cm³/mol. The van der Waals surface area contributed by atoms with E-state index >= 15 is 0 Å². The first-order valence-corrected chi connectivity index (χ1v) is 9.04. The highest BCUT2D eigenvalue weighted by atomic mass is 16.5. The molecule has 0 saturated heterocycles. The summed E-state index contributed by atoms with van der Waals surface area (Å²) < 4.78 is 16.2. The van der Waals surface area contributed by atoms with Gasteiger partial charge in [-0.05, 0) is 30.7 Å². The van der Waals surface area contributed by atoms with Gasteiger partial charge < -0.3 is 14.0 Å². The Morgan fingerprint density at radius 3 is 2.52 bits per heavy atom. The van der Waals surface area contributed by atoms with E-state index in [9.17, 15) is 0 Å². The van der Waals surface area contributed by atoms with E-state index in [0.29, 0.717) is 24.0 Å². The van der Waals surface area contributed by atoms with Gasteiger partial charge in [0.25, 0.3) is 0 Å². The van der Waals surface area contributed by atoms with Crippen molar-refractivity contribution >= 4 is 0 Å². The molecule has 0 aliphatic carbocycles. The molecule has 27 heavy (non-hydrogen) atoms. The molecule has 3 rings (SSSR count). The Morgan fingerprint density at radius 2 is 1.81 bits per heavy atom. The zero-order valence-corrected chi connectivity index (χ0v) is 16.0. The molecule has 0 spiro atoms. The monoisotopic (exact) mass is 367 g/mol. The maximum absolute atomic E-state index is 5.50. The molecule has 1 heterocycles. The second-order valence-electron chi connectivity index (χ2n) is 6.27. The second-order valence-corrected chi connectivity index (χ2v) is 6.27. The summed E-state index contributed by atoms with van der Waals surface area (Å²) in [7, 11) is 3.23. The van der Waals surface area contributed by atoms with Crippen LogP contribution in [0.3, 0.4) is 0 Å². The molecule has 0 saturated carbocycles. The third kappa shape index (κ3) is 4.86. The van der Waals surface area contributed by atoms with Crippen molar-refractivity contribution in [1.82, 2.24) is 15.0 Å². The fourth-order valence-corrected chi connectivity index (χ4v) is 2.97. The molecule has 3 aromatic rings. The Morgan fingerprint density at radius 1 is 1.00 bits per heavy atom. The Labute approximate surface area is 159 Å². The molecule has 0 aliphatic heterocycles. The van der Waals surface area contributed by atoms with Crippen LogP contribution in [0.2, 0.25) is 0 Å². The van der Waals surface area contributed by atoms with E-state index in [4.69, 9.17) is 14.0 Å². The van der Waals surface area contributed by atoms with E-state index in [2.05, 4.69) is 46.2 Å². The smallest absolute Gasteiger partial charge is 0.241 e. The SMILES string of the molecule is CCCN(Cc1ccccc1)Cc1nc(-c2ccc(OC)cc2OC)no1. The van der Waals surface area contributed by atoms with Gasteiger partial charge in [-0.3, -0.25) is 4.90 Å². The Bertz CT molecular complexity index is 849. The first kappa shape index (κ1) is 18.9. The normalized spacial score (nSPS) is 11.0. The Kier molecular flexibility index (Phi) is 6.44. The van der Waals surface area contributed by atoms with Gasteiger partial charge in [0.2, 0.25) is 11.7 Å². The lowest BCUT2D eigenvalue weighted by atomic mass is 10.2. The summed E-state index contributed by atoms with van der Waals surface area (Å²) in [5.41, 5.74) is 2.04. The molecule has 0 atom stereocenters. The summed E-state index contributed by atoms with van der Waals surface area (Å²) in [6.45, 7) is 4.57. The van der Waals surface area contributed by atoms with Gasteiger partial charge in [-0.1, -0.05) is 42.4 Å². The van der Waals surface area contributed by atoms with Gasteiger partial charge in [-0.2, -0.15) is 4.98 Å². The molecule has 6 nitrogen and oxygen atoms in total. The highest BCUT2D eigenvalue weighted by molar-refractivity contribution is 5.65. The van der Waals surface area contributed by atoms with Crippen LogP contribution in [0.5, 0.6) is 11.5 Å². The molecular weight excluding hydrogens is 342 g/mol. The van der Waals surface area contributed by atoms with Crippen molar-refractivity contribution in [1.29, 1.82) is 0 Å². The summed E-state index contributed by atoms with van der Waals surface area (Å²) in [5, 5.41) is 4.14. The van der Waals surface area contributed by atoms with Crippen molar-refractivity contribution in [3.05, 3.63) is 60.0 Å². The zero-order chi connectivity index (χ0) is 19.1. The van der Waals surface area contributed by atoms with E-state index in [0.717, 1.165) is 30.8 Å². The summed E-state index contributed by atoms with van der Waals surface area (Å²) in [4.78, 5) is 6.87. The van der Waals surface area contributed by atoms with Gasteiger partial charge >= 0.3 is 0 Å². The van der Waals surface area contributed by atoms with Crippen molar-refractivity contribution in [2.45, 2.75) is 26.4 Å². The van der Waals surface area contributed by atoms with Crippen LogP contribution in [0.4, 0.5) is 0 Å². The predicted octanol–water partition coefficient (Wildman–Crippen LogP) is 4.17. The molecule has 0 unspecified atom stereocenters. The van der Waals surface area contributed by atoms with E-state index in [1.807, 2.05) is 24.3 Å². The summed E-state index contributed by atoms with van der Waals surface area (Å²) >= 11 is 0. The standard InChI is InChI=1S/C21H25N3O3/c1-4-12-24(14-16-8-6-5-7-9-16)15-20-22-21(23-27-20)18-11-10-17(25-2)13-19(18)26-3/h5-11,13H,4,12,14-15H2,1-3H3. The first-order chi connectivity index (χ1) is 13.2. The number of rotatable bonds is 9. The van der Waals surface area contributed by atoms with Crippen LogP contribution in [0, 0.1) is 0 Å². The van der Waals surface area contributed by atoms with Crippen LogP contribution in [0.1, 0.15) is 24.8 Å². The fourth-order valence-electron chi connectivity index (χ4n) is 2.97. The van der Waals surface area contributed by atoms with Crippen molar-refractivity contribution in [2.24, 2.45) is 0 Å². The molecule has 2 aromatic carbocycles. The number of methoxy groups -OCH3 is 2. The van der Waals surface area contributed by atoms with Gasteiger partial charge in [-0.15, -0.1) is 0 Å². The molecular formula is C21H25N3O3. The molecule has 0 fully saturated rings. The van der Waals surface area contributed by atoms with Crippen molar-refractivity contribution in [3.8, 4) is 22.9 Å². The third-order valence-corrected chi connectivity index (χ3v) is 4.27. The number of hydrogen-bond acceptors (Lipinski definition) is 6. The molecule has 0 amide bonds. The highest BCUT2D eigenvalue weighted by Crippen LogP contribution is 2.31. The molecule has 0 bridgehead atoms. The minimum atomic E-state index is 0.515. The Hall–Kier alpha value is -2.86. The van der Waals surface area contributed by atoms with Crippen molar-refractivity contribution in [2.75, 3.05) is 20.8 Å². The molecule has 0 radical (unpaired) electrons. The average Bonchev–Trinajstić information content (AvgIpc) is 3.16. The van der Waals surface area contributed by atoms with Crippen LogP contribution >= 0.6 is 0 Å². The lowest BCUT2D eigenvalue weighted by molar-refractivity contribution is 0.219. The summed E-state index contributed by atoms with van der Waals surface area (Å²) in [5.74, 6) is 2.47. The van der Waals surface area contributed by atoms with Crippen LogP contribution < -0.4 is 9.47 Å². The van der Waals surface area contributed by atoms with Gasteiger partial charge in [0.15, 0.2) is 0 Å². The van der Waals surface area contributed by atoms with Crippen LogP contribution in [0.25, 0.3) is 11.4 Å². The van der Waals surface area contributed by atoms with Gasteiger partial charge in [-0.25, -0.2) is 0 Å². The van der Waals surface area contributed by atoms with Crippen molar-refractivity contribution in [3.63, 3.8) is 0 Å². The quantitative estimate of drug-likeness (QED) is 0.566. The molecule has 0 N–H and O–H groups in total. The van der Waals surface area contributed by atoms with Crippen molar-refractivity contribution < 1.29 is 14.0 Å². The zero-order valence-electron chi connectivity index (χ0n) is 16.0. The maximum Gasteiger partial charge on any atom is 0.241 e. The number of aromatic nitrogens is 2. The molecule has 142 valence electrons. The average molecular weight is 367 g/mol. The molecule has 1 aromatic heterocycles. The summed E-state index contributed by atoms with van der Waals surface area (Å²) in [6.07, 6.45) is 1.06. The lowest BCUT2D eigenvalue weighted by Crippen LogP contribution is -2.23. The fraction of sp³-hybridized carbons (Fsp3) is 0.333. The minimum Gasteiger partial charge on any atom is -0.497 e. The first-order valence-electron chi connectivity index (χ1n) is 9.04. The minimum absolute atomic E-state index is 0.515. The van der Waals surface area contributed by atoms with Gasteiger partial charge in [0, 0.05) is 12.6 Å². The largest absolute Gasteiger partial charge is 0.497 e. The molecule has 0 aliphatic rings. The number of benzene rings is 2. The Balaban J connectivity index is 1.76. The molecule has 6 heteroatoms. The third-order valence-electron chi connectivity index (χ3n) is 4.27. The lowest BCUT2D eigenvalue weighted by Gasteiger charge is -2.19. The van der Waals surface area contributed by atoms with Crippen LogP contribution in [-0.2, 0) is 13.1 Å². The van der Waals surface area contributed by atoms with Gasteiger partial charge in [0.05, 0.1) is 26.3 Å². The number of ether oxygens (including phenoxy) is 2. The van der Waals surface area contributed by atoms with E-state index in [-0.39, 0.29) is 0 Å². The topological polar surface area (TPSA) is 60.6 Å². The second kappa shape index (κ2) is 9.19. The van der Waals surface area contributed by atoms with E-state index in [1.165, 1.54) is 5.56 Å². The number of hydrogen-bond donors (Lipinski definition) is 0. The van der Waals surface area contributed by atoms with Gasteiger partial charge in [0.1, 0.15) is 11.5 Å². The summed E-state index contributed by atoms with van der Waals surface area (Å²) in [6, 6.07) is 15.9.